The van der Waals surface area contributed by atoms with E-state index in [1.165, 1.54) is 0 Å². The fraction of sp³-hybridized carbons (Fsp3) is 0.562. The number of ether oxygens (including phenoxy) is 1. The van der Waals surface area contributed by atoms with Crippen molar-refractivity contribution in [3.63, 3.8) is 0 Å². The first-order chi connectivity index (χ1) is 11.1. The fourth-order valence-corrected chi connectivity index (χ4v) is 3.72. The maximum absolute atomic E-state index is 12.7. The molecule has 7 nitrogen and oxygen atoms in total. The lowest BCUT2D eigenvalue weighted by atomic mass is 9.78. The molecule has 0 aliphatic carbocycles. The Morgan fingerprint density at radius 3 is 3.00 bits per heavy atom. The van der Waals surface area contributed by atoms with Crippen molar-refractivity contribution in [2.75, 3.05) is 26.3 Å². The van der Waals surface area contributed by atoms with E-state index in [2.05, 4.69) is 10.2 Å². The zero-order chi connectivity index (χ0) is 16.0. The summed E-state index contributed by atoms with van der Waals surface area (Å²) in [5.41, 5.74) is 0.501. The van der Waals surface area contributed by atoms with Crippen LogP contribution in [0.4, 0.5) is 0 Å². The minimum absolute atomic E-state index is 0.0201. The summed E-state index contributed by atoms with van der Waals surface area (Å²) in [5, 5.41) is 8.00. The number of carbonyl (C=O) groups is 1. The second-order valence-electron chi connectivity index (χ2n) is 6.54. The molecule has 4 heterocycles. The molecule has 4 rings (SSSR count). The lowest BCUT2D eigenvalue weighted by Gasteiger charge is -2.25. The number of aromatic nitrogens is 2. The molecule has 7 heteroatoms. The highest BCUT2D eigenvalue weighted by molar-refractivity contribution is 5.95. The molecule has 2 aromatic heterocycles. The van der Waals surface area contributed by atoms with Crippen LogP contribution >= 0.6 is 0 Å². The normalized spacial score (nSPS) is 26.7. The second-order valence-corrected chi connectivity index (χ2v) is 6.54. The Morgan fingerprint density at radius 2 is 2.30 bits per heavy atom. The van der Waals surface area contributed by atoms with Crippen LogP contribution in [0.5, 0.6) is 0 Å². The number of amides is 1. The highest BCUT2D eigenvalue weighted by Crippen LogP contribution is 2.44. The van der Waals surface area contributed by atoms with Gasteiger partial charge >= 0.3 is 0 Å². The molecule has 2 atom stereocenters. The van der Waals surface area contributed by atoms with E-state index in [-0.39, 0.29) is 11.3 Å². The predicted octanol–water partition coefficient (Wildman–Crippen LogP) is 1.61. The van der Waals surface area contributed by atoms with Crippen LogP contribution < -0.4 is 0 Å². The zero-order valence-corrected chi connectivity index (χ0v) is 13.2. The van der Waals surface area contributed by atoms with E-state index in [1.807, 2.05) is 11.8 Å². The summed E-state index contributed by atoms with van der Waals surface area (Å²) in [6.07, 6.45) is 2.20. The lowest BCUT2D eigenvalue weighted by Crippen LogP contribution is -2.35. The van der Waals surface area contributed by atoms with E-state index in [0.717, 1.165) is 0 Å². The van der Waals surface area contributed by atoms with Crippen molar-refractivity contribution in [2.45, 2.75) is 20.3 Å². The Balaban J connectivity index is 1.56. The van der Waals surface area contributed by atoms with Crippen LogP contribution in [0.15, 0.2) is 21.2 Å². The Bertz CT molecular complexity index is 737. The third-order valence-electron chi connectivity index (χ3n) is 4.97. The van der Waals surface area contributed by atoms with E-state index < -0.39 is 0 Å². The first-order valence-corrected chi connectivity index (χ1v) is 7.77. The second kappa shape index (κ2) is 5.19. The molecule has 2 aliphatic heterocycles. The smallest absolute Gasteiger partial charge is 0.257 e. The van der Waals surface area contributed by atoms with Gasteiger partial charge in [-0.05, 0) is 13.0 Å². The zero-order valence-electron chi connectivity index (χ0n) is 13.2. The first-order valence-electron chi connectivity index (χ1n) is 7.77. The van der Waals surface area contributed by atoms with Crippen molar-refractivity contribution >= 4 is 5.91 Å². The van der Waals surface area contributed by atoms with Gasteiger partial charge in [0.2, 0.25) is 11.8 Å². The third-order valence-corrected chi connectivity index (χ3v) is 4.97. The molecule has 23 heavy (non-hydrogen) atoms. The molecule has 0 unspecified atom stereocenters. The Kier molecular flexibility index (Phi) is 3.26. The molecule has 0 spiro atoms. The Morgan fingerprint density at radius 1 is 1.43 bits per heavy atom. The fourth-order valence-electron chi connectivity index (χ4n) is 3.72. The summed E-state index contributed by atoms with van der Waals surface area (Å²) in [7, 11) is 0. The molecule has 122 valence electrons. The number of nitrogens with zero attached hydrogens (tertiary/aromatic N) is 3. The number of likely N-dealkylation sites (tertiary alicyclic amines) is 1. The van der Waals surface area contributed by atoms with Crippen LogP contribution in [-0.4, -0.2) is 47.3 Å². The van der Waals surface area contributed by atoms with Gasteiger partial charge in [-0.15, -0.1) is 10.2 Å². The van der Waals surface area contributed by atoms with Gasteiger partial charge in [0.1, 0.15) is 5.76 Å². The van der Waals surface area contributed by atoms with Crippen molar-refractivity contribution in [2.24, 2.45) is 11.3 Å². The van der Waals surface area contributed by atoms with Crippen LogP contribution in [-0.2, 0) is 11.2 Å². The molecule has 0 saturated carbocycles. The molecule has 2 saturated heterocycles. The van der Waals surface area contributed by atoms with Gasteiger partial charge in [0.25, 0.3) is 5.91 Å². The molecule has 0 aromatic carbocycles. The van der Waals surface area contributed by atoms with Gasteiger partial charge in [0, 0.05) is 37.8 Å². The van der Waals surface area contributed by atoms with Gasteiger partial charge in [-0.2, -0.15) is 0 Å². The van der Waals surface area contributed by atoms with Crippen molar-refractivity contribution in [3.05, 3.63) is 35.4 Å². The SMILES string of the molecule is Cc1nnc(C[C@@]23COC[C@@H]2CN(C(=O)c2ccoc2C)C3)o1. The number of fused-ring (bicyclic) bond motifs is 1. The highest BCUT2D eigenvalue weighted by Gasteiger charge is 2.52. The molecular formula is C16H19N3O4. The topological polar surface area (TPSA) is 81.6 Å². The van der Waals surface area contributed by atoms with Gasteiger partial charge in [-0.3, -0.25) is 4.79 Å². The summed E-state index contributed by atoms with van der Waals surface area (Å²) in [6.45, 7) is 6.21. The lowest BCUT2D eigenvalue weighted by molar-refractivity contribution is 0.0712. The largest absolute Gasteiger partial charge is 0.469 e. The third kappa shape index (κ3) is 2.35. The number of furan rings is 1. The number of hydrogen-bond donors (Lipinski definition) is 0. The van der Waals surface area contributed by atoms with Crippen LogP contribution in [0.25, 0.3) is 0 Å². The Hall–Kier alpha value is -2.15. The van der Waals surface area contributed by atoms with Crippen LogP contribution in [0.1, 0.15) is 27.9 Å². The van der Waals surface area contributed by atoms with Crippen molar-refractivity contribution in [3.8, 4) is 0 Å². The average molecular weight is 317 g/mol. The van der Waals surface area contributed by atoms with Gasteiger partial charge in [-0.1, -0.05) is 0 Å². The van der Waals surface area contributed by atoms with E-state index in [0.29, 0.717) is 61.7 Å². The maximum atomic E-state index is 12.7. The average Bonchev–Trinajstić information content (AvgIpc) is 3.23. The summed E-state index contributed by atoms with van der Waals surface area (Å²) in [5.74, 6) is 2.15. The molecule has 2 aromatic rings. The van der Waals surface area contributed by atoms with Gasteiger partial charge in [0.05, 0.1) is 25.0 Å². The molecule has 0 N–H and O–H groups in total. The van der Waals surface area contributed by atoms with Crippen LogP contribution in [0.3, 0.4) is 0 Å². The van der Waals surface area contributed by atoms with Gasteiger partial charge in [-0.25, -0.2) is 0 Å². The molecule has 0 radical (unpaired) electrons. The summed E-state index contributed by atoms with van der Waals surface area (Å²) >= 11 is 0. The van der Waals surface area contributed by atoms with E-state index in [1.54, 1.807) is 19.3 Å². The summed E-state index contributed by atoms with van der Waals surface area (Å²) < 4.78 is 16.5. The number of carbonyl (C=O) groups excluding carboxylic acids is 1. The minimum atomic E-state index is -0.133. The predicted molar refractivity (Wildman–Crippen MR) is 78.8 cm³/mol. The molecule has 0 bridgehead atoms. The molecule has 2 fully saturated rings. The molecule has 1 amide bonds. The molecular weight excluding hydrogens is 298 g/mol. The van der Waals surface area contributed by atoms with E-state index in [9.17, 15) is 4.79 Å². The highest BCUT2D eigenvalue weighted by atomic mass is 16.5. The van der Waals surface area contributed by atoms with Crippen molar-refractivity contribution in [1.29, 1.82) is 0 Å². The maximum Gasteiger partial charge on any atom is 0.257 e. The quantitative estimate of drug-likeness (QED) is 0.855. The van der Waals surface area contributed by atoms with Gasteiger partial charge in [0.15, 0.2) is 0 Å². The molecule has 2 aliphatic rings. The van der Waals surface area contributed by atoms with Gasteiger partial charge < -0.3 is 18.5 Å². The summed E-state index contributed by atoms with van der Waals surface area (Å²) in [4.78, 5) is 14.6. The monoisotopic (exact) mass is 317 g/mol. The number of rotatable bonds is 3. The number of hydrogen-bond acceptors (Lipinski definition) is 6. The minimum Gasteiger partial charge on any atom is -0.469 e. The van der Waals surface area contributed by atoms with Crippen LogP contribution in [0.2, 0.25) is 0 Å². The standard InChI is InChI=1S/C16H19N3O4/c1-10-13(3-4-22-10)15(20)19-6-12-7-21-9-16(12,8-19)5-14-18-17-11(2)23-14/h3-4,12H,5-9H2,1-2H3/t12-,16+/m0/s1. The first kappa shape index (κ1) is 14.4. The number of aryl methyl sites for hydroxylation is 2. The summed E-state index contributed by atoms with van der Waals surface area (Å²) in [6, 6.07) is 1.73. The van der Waals surface area contributed by atoms with Crippen LogP contribution in [0, 0.1) is 25.2 Å². The van der Waals surface area contributed by atoms with Crippen molar-refractivity contribution in [1.82, 2.24) is 15.1 Å². The van der Waals surface area contributed by atoms with Crippen molar-refractivity contribution < 1.29 is 18.4 Å². The van der Waals surface area contributed by atoms with E-state index in [4.69, 9.17) is 13.6 Å². The van der Waals surface area contributed by atoms with E-state index >= 15 is 0 Å². The Labute approximate surface area is 133 Å².